The van der Waals surface area contributed by atoms with Crippen LogP contribution in [0.15, 0.2) is 36.4 Å². The molecule has 5 nitrogen and oxygen atoms in total. The van der Waals surface area contributed by atoms with E-state index in [0.717, 1.165) is 23.6 Å². The third-order valence-corrected chi connectivity index (χ3v) is 22.6. The predicted molar refractivity (Wildman–Crippen MR) is 111 cm³/mol. The molecule has 0 atom stereocenters. The van der Waals surface area contributed by atoms with Crippen LogP contribution in [0.25, 0.3) is 0 Å². The third kappa shape index (κ3) is 2.89. The molecule has 2 aromatic carbocycles. The minimum atomic E-state index is -1.97. The Morgan fingerprint density at radius 3 is 1.73 bits per heavy atom. The molecule has 140 valence electrons. The highest BCUT2D eigenvalue weighted by atomic mass is 29.3. The van der Waals surface area contributed by atoms with E-state index < -0.39 is 21.0 Å². The number of nitrogen functional groups attached to an aromatic ring is 2. The number of nitrogens with two attached hydrogens (primary N) is 2. The fraction of sp³-hybridized carbons (Fsp3) is 0.368. The van der Waals surface area contributed by atoms with Gasteiger partial charge in [-0.2, -0.15) is 0 Å². The Morgan fingerprint density at radius 1 is 0.885 bits per heavy atom. The van der Waals surface area contributed by atoms with E-state index in [2.05, 4.69) is 26.2 Å². The maximum atomic E-state index is 10.2. The summed E-state index contributed by atoms with van der Waals surface area (Å²) in [7, 11) is -3.45. The van der Waals surface area contributed by atoms with Crippen LogP contribution in [0, 0.1) is 0 Å². The summed E-state index contributed by atoms with van der Waals surface area (Å²) in [5.74, 6) is 0.0957. The first-order valence-electron chi connectivity index (χ1n) is 8.87. The van der Waals surface area contributed by atoms with Crippen LogP contribution < -0.4 is 11.5 Å². The van der Waals surface area contributed by atoms with Gasteiger partial charge in [0, 0.05) is 0 Å². The van der Waals surface area contributed by atoms with Gasteiger partial charge >= 0.3 is 0 Å². The van der Waals surface area contributed by atoms with Crippen molar-refractivity contribution in [2.45, 2.75) is 44.3 Å². The van der Waals surface area contributed by atoms with Gasteiger partial charge in [-0.3, -0.25) is 0 Å². The van der Waals surface area contributed by atoms with Crippen molar-refractivity contribution in [1.82, 2.24) is 0 Å². The highest BCUT2D eigenvalue weighted by Gasteiger charge is 2.54. The minimum Gasteiger partial charge on any atom is -0.506 e. The van der Waals surface area contributed by atoms with Crippen molar-refractivity contribution in [3.8, 4) is 11.5 Å². The maximum absolute atomic E-state index is 10.2. The zero-order valence-electron chi connectivity index (χ0n) is 15.8. The molecule has 1 saturated heterocycles. The van der Waals surface area contributed by atoms with E-state index >= 15 is 0 Å². The highest BCUT2D eigenvalue weighted by Crippen LogP contribution is 2.50. The predicted octanol–water partition coefficient (Wildman–Crippen LogP) is 3.92. The minimum absolute atomic E-state index is 0.0479. The van der Waals surface area contributed by atoms with Crippen molar-refractivity contribution in [3.05, 3.63) is 47.5 Å². The van der Waals surface area contributed by atoms with Gasteiger partial charge in [-0.1, -0.05) is 31.3 Å². The van der Waals surface area contributed by atoms with Gasteiger partial charge in [0.2, 0.25) is 0 Å². The van der Waals surface area contributed by atoms with Crippen molar-refractivity contribution >= 4 is 26.8 Å². The molecule has 0 spiro atoms. The second kappa shape index (κ2) is 6.04. The molecule has 3 rings (SSSR count). The number of phenols is 2. The van der Waals surface area contributed by atoms with E-state index in [1.54, 1.807) is 24.3 Å². The van der Waals surface area contributed by atoms with Crippen LogP contribution in [-0.4, -0.2) is 25.6 Å². The second-order valence-electron chi connectivity index (χ2n) is 8.37. The Morgan fingerprint density at radius 2 is 1.35 bits per heavy atom. The molecule has 1 aliphatic rings. The summed E-state index contributed by atoms with van der Waals surface area (Å²) < 4.78 is 6.94. The fourth-order valence-electron chi connectivity index (χ4n) is 3.58. The SMILES string of the molecule is C[Si]1(C)CCC(c2ccc(N)c(O)c2)(c2ccc(N)c(O)c2)O[Si]1(C)C. The van der Waals surface area contributed by atoms with Crippen LogP contribution in [0.1, 0.15) is 17.5 Å². The van der Waals surface area contributed by atoms with Gasteiger partial charge in [0.15, 0.2) is 7.83 Å². The van der Waals surface area contributed by atoms with Gasteiger partial charge in [-0.25, -0.2) is 0 Å². The Kier molecular flexibility index (Phi) is 4.37. The lowest BCUT2D eigenvalue weighted by Crippen LogP contribution is -2.64. The molecule has 0 amide bonds. The standard InChI is InChI=1S/C19H28N2O3Si2/c1-25(2)10-9-19(24-26(25,3)4,13-5-7-15(20)17(22)11-13)14-6-8-16(21)18(23)12-14/h5-8,11-12,22-23H,9-10,20-21H2,1-4H3. The molecular formula is C19H28N2O3Si2. The van der Waals surface area contributed by atoms with E-state index in [-0.39, 0.29) is 11.5 Å². The summed E-state index contributed by atoms with van der Waals surface area (Å²) in [6.07, 6.45) is 0.801. The normalized spacial score (nSPS) is 20.6. The van der Waals surface area contributed by atoms with E-state index in [1.165, 1.54) is 0 Å². The molecule has 0 radical (unpaired) electrons. The molecule has 2 aromatic rings. The van der Waals surface area contributed by atoms with Gasteiger partial charge in [-0.15, -0.1) is 0 Å². The lowest BCUT2D eigenvalue weighted by atomic mass is 9.83. The van der Waals surface area contributed by atoms with Crippen LogP contribution in [0.3, 0.4) is 0 Å². The van der Waals surface area contributed by atoms with E-state index in [0.29, 0.717) is 11.4 Å². The quantitative estimate of drug-likeness (QED) is 0.355. The molecule has 1 heterocycles. The molecule has 0 aromatic heterocycles. The lowest BCUT2D eigenvalue weighted by Gasteiger charge is -2.52. The molecule has 0 bridgehead atoms. The summed E-state index contributed by atoms with van der Waals surface area (Å²) in [6, 6.07) is 11.7. The highest BCUT2D eigenvalue weighted by molar-refractivity contribution is 7.38. The number of phenolic OH excluding ortho intramolecular Hbond substituents is 2. The van der Waals surface area contributed by atoms with Crippen molar-refractivity contribution in [3.63, 3.8) is 0 Å². The molecule has 0 saturated carbocycles. The second-order valence-corrected chi connectivity index (χ2v) is 23.5. The van der Waals surface area contributed by atoms with Gasteiger partial charge in [0.1, 0.15) is 17.1 Å². The smallest absolute Gasteiger partial charge is 0.175 e. The monoisotopic (exact) mass is 388 g/mol. The average molecular weight is 389 g/mol. The summed E-state index contributed by atoms with van der Waals surface area (Å²) in [5, 5.41) is 20.4. The molecular weight excluding hydrogens is 360 g/mol. The van der Waals surface area contributed by atoms with Crippen LogP contribution in [0.4, 0.5) is 11.4 Å². The van der Waals surface area contributed by atoms with E-state index in [1.807, 2.05) is 12.1 Å². The van der Waals surface area contributed by atoms with Gasteiger partial charge < -0.3 is 26.1 Å². The zero-order chi connectivity index (χ0) is 19.3. The van der Waals surface area contributed by atoms with Gasteiger partial charge in [0.25, 0.3) is 0 Å². The Balaban J connectivity index is 2.22. The van der Waals surface area contributed by atoms with Crippen molar-refractivity contribution in [2.24, 2.45) is 0 Å². The third-order valence-electron chi connectivity index (χ3n) is 6.15. The number of anilines is 2. The van der Waals surface area contributed by atoms with Crippen LogP contribution >= 0.6 is 0 Å². The Bertz CT molecular complexity index is 801. The van der Waals surface area contributed by atoms with Crippen LogP contribution in [0.5, 0.6) is 11.5 Å². The molecule has 7 heteroatoms. The summed E-state index contributed by atoms with van der Waals surface area (Å²) in [6.45, 7) is 9.34. The van der Waals surface area contributed by atoms with Crippen molar-refractivity contribution in [1.29, 1.82) is 0 Å². The first-order valence-corrected chi connectivity index (χ1v) is 16.0. The summed E-state index contributed by atoms with van der Waals surface area (Å²) in [4.78, 5) is 0. The van der Waals surface area contributed by atoms with Crippen LogP contribution in [0.2, 0.25) is 32.2 Å². The average Bonchev–Trinajstić information content (AvgIpc) is 2.55. The first kappa shape index (κ1) is 18.8. The zero-order valence-corrected chi connectivity index (χ0v) is 17.8. The maximum Gasteiger partial charge on any atom is 0.175 e. The van der Waals surface area contributed by atoms with Crippen molar-refractivity contribution < 1.29 is 14.6 Å². The molecule has 1 fully saturated rings. The van der Waals surface area contributed by atoms with E-state index in [9.17, 15) is 10.2 Å². The first-order chi connectivity index (χ1) is 12.0. The number of hydrogen-bond donors (Lipinski definition) is 4. The summed E-state index contributed by atoms with van der Waals surface area (Å²) >= 11 is 0. The molecule has 1 aliphatic heterocycles. The van der Waals surface area contributed by atoms with Crippen LogP contribution in [-0.2, 0) is 10.0 Å². The summed E-state index contributed by atoms with van der Waals surface area (Å²) in [5.41, 5.74) is 13.3. The van der Waals surface area contributed by atoms with Crippen molar-refractivity contribution in [2.75, 3.05) is 11.5 Å². The topological polar surface area (TPSA) is 102 Å². The van der Waals surface area contributed by atoms with E-state index in [4.69, 9.17) is 15.9 Å². The Labute approximate surface area is 156 Å². The Hall–Kier alpha value is -1.97. The fourth-order valence-corrected chi connectivity index (χ4v) is 10.2. The molecule has 0 unspecified atom stereocenters. The van der Waals surface area contributed by atoms with Gasteiger partial charge in [0.05, 0.1) is 19.0 Å². The molecule has 6 N–H and O–H groups in total. The number of hydrogen-bond acceptors (Lipinski definition) is 5. The lowest BCUT2D eigenvalue weighted by molar-refractivity contribution is 0.0933. The molecule has 26 heavy (non-hydrogen) atoms. The number of aromatic hydroxyl groups is 2. The largest absolute Gasteiger partial charge is 0.506 e. The molecule has 0 aliphatic carbocycles. The van der Waals surface area contributed by atoms with Gasteiger partial charge in [-0.05, 0) is 54.9 Å². The number of benzene rings is 2. The number of rotatable bonds is 2.